The highest BCUT2D eigenvalue weighted by molar-refractivity contribution is 6.45. The third-order valence-corrected chi connectivity index (χ3v) is 4.71. The molecule has 0 radical (unpaired) electrons. The molecule has 0 aliphatic carbocycles. The van der Waals surface area contributed by atoms with Crippen molar-refractivity contribution in [1.29, 1.82) is 0 Å². The van der Waals surface area contributed by atoms with E-state index in [-0.39, 0.29) is 23.5 Å². The van der Waals surface area contributed by atoms with Gasteiger partial charge in [-0.2, -0.15) is 0 Å². The summed E-state index contributed by atoms with van der Waals surface area (Å²) >= 11 is 0. The maximum absolute atomic E-state index is 12.9. The zero-order chi connectivity index (χ0) is 24.5. The Bertz CT molecular complexity index is 1080. The molecular weight excluding hydrogens is 444 g/mol. The summed E-state index contributed by atoms with van der Waals surface area (Å²) in [5.41, 5.74) is 2.89. The second-order valence-electron chi connectivity index (χ2n) is 6.82. The molecule has 1 aliphatic heterocycles. The molecule has 0 bridgehead atoms. The quantitative estimate of drug-likeness (QED) is 0.319. The molecular formula is C23H24N4O7. The zero-order valence-electron chi connectivity index (χ0n) is 18.8. The molecule has 1 saturated heterocycles. The van der Waals surface area contributed by atoms with E-state index in [1.54, 1.807) is 54.6 Å². The summed E-state index contributed by atoms with van der Waals surface area (Å²) < 4.78 is 15.3. The first-order valence-corrected chi connectivity index (χ1v) is 10.1. The van der Waals surface area contributed by atoms with E-state index in [2.05, 4.69) is 15.9 Å². The lowest BCUT2D eigenvalue weighted by atomic mass is 10.2. The molecule has 0 aromatic heterocycles. The first kappa shape index (κ1) is 24.6. The number of ether oxygens (including phenoxy) is 3. The Morgan fingerprint density at radius 3 is 2.38 bits per heavy atom. The van der Waals surface area contributed by atoms with Crippen LogP contribution in [0.4, 0.5) is 5.69 Å². The van der Waals surface area contributed by atoms with Crippen molar-refractivity contribution in [2.45, 2.75) is 6.29 Å². The molecule has 1 heterocycles. The fourth-order valence-corrected chi connectivity index (χ4v) is 2.89. The summed E-state index contributed by atoms with van der Waals surface area (Å²) in [6.07, 6.45) is 0.453. The molecule has 0 saturated carbocycles. The van der Waals surface area contributed by atoms with Crippen LogP contribution in [-0.2, 0) is 23.9 Å². The van der Waals surface area contributed by atoms with Crippen molar-refractivity contribution in [2.24, 2.45) is 4.99 Å². The van der Waals surface area contributed by atoms with Gasteiger partial charge in [0, 0.05) is 25.9 Å². The van der Waals surface area contributed by atoms with E-state index in [0.29, 0.717) is 11.4 Å². The van der Waals surface area contributed by atoms with Gasteiger partial charge in [-0.1, -0.05) is 23.8 Å². The molecule has 0 spiro atoms. The monoisotopic (exact) mass is 468 g/mol. The van der Waals surface area contributed by atoms with Gasteiger partial charge in [-0.3, -0.25) is 9.59 Å². The minimum atomic E-state index is -0.768. The van der Waals surface area contributed by atoms with Crippen molar-refractivity contribution in [1.82, 2.24) is 10.9 Å². The van der Waals surface area contributed by atoms with E-state index in [1.807, 2.05) is 0 Å². The minimum Gasteiger partial charge on any atom is -0.497 e. The predicted molar refractivity (Wildman–Crippen MR) is 122 cm³/mol. The van der Waals surface area contributed by atoms with Gasteiger partial charge in [0.25, 0.3) is 11.8 Å². The molecule has 11 heteroatoms. The molecule has 1 fully saturated rings. The molecule has 34 heavy (non-hydrogen) atoms. The summed E-state index contributed by atoms with van der Waals surface area (Å²) in [7, 11) is 4.37. The Hall–Kier alpha value is -4.06. The van der Waals surface area contributed by atoms with Crippen LogP contribution in [0.25, 0.3) is 0 Å². The Morgan fingerprint density at radius 2 is 1.76 bits per heavy atom. The van der Waals surface area contributed by atoms with E-state index in [4.69, 9.17) is 19.0 Å². The van der Waals surface area contributed by atoms with Crippen molar-refractivity contribution in [3.63, 3.8) is 0 Å². The summed E-state index contributed by atoms with van der Waals surface area (Å²) in [6.45, 7) is -0.0154. The van der Waals surface area contributed by atoms with Crippen LogP contribution in [0, 0.1) is 0 Å². The van der Waals surface area contributed by atoms with E-state index in [1.165, 1.54) is 26.3 Å². The Balaban J connectivity index is 1.95. The first-order chi connectivity index (χ1) is 16.5. The first-order valence-electron chi connectivity index (χ1n) is 10.1. The maximum Gasteiger partial charge on any atom is 0.376 e. The molecule has 1 aliphatic rings. The molecule has 3 rings (SSSR count). The van der Waals surface area contributed by atoms with E-state index < -0.39 is 24.1 Å². The second kappa shape index (κ2) is 11.7. The summed E-state index contributed by atoms with van der Waals surface area (Å²) in [5.74, 6) is -1.53. The number of methoxy groups -OCH3 is 3. The van der Waals surface area contributed by atoms with Crippen molar-refractivity contribution < 1.29 is 33.4 Å². The number of rotatable bonds is 9. The van der Waals surface area contributed by atoms with Crippen molar-refractivity contribution in [2.75, 3.05) is 32.9 Å². The number of hydrazine groups is 1. The van der Waals surface area contributed by atoms with Crippen LogP contribution in [0.2, 0.25) is 0 Å². The number of nitrogens with one attached hydrogen (secondary N) is 2. The predicted octanol–water partition coefficient (Wildman–Crippen LogP) is 1.38. The third-order valence-electron chi connectivity index (χ3n) is 4.71. The molecule has 0 atom stereocenters. The molecule has 11 nitrogen and oxygen atoms in total. The summed E-state index contributed by atoms with van der Waals surface area (Å²) in [4.78, 5) is 46.9. The van der Waals surface area contributed by atoms with Crippen molar-refractivity contribution in [3.8, 4) is 5.75 Å². The SMILES string of the molecule is COc1ccc(N2NOC(=O)/C2=C\C(=NC(=O)c2ccccc2)C(=O)NCC(OC)OC)cc1. The zero-order valence-corrected chi connectivity index (χ0v) is 18.8. The highest BCUT2D eigenvalue weighted by Crippen LogP contribution is 2.24. The minimum absolute atomic E-state index is 0.0154. The molecule has 2 aromatic rings. The number of nitrogens with zero attached hydrogens (tertiary/aromatic N) is 2. The van der Waals surface area contributed by atoms with Gasteiger partial charge in [-0.25, -0.2) is 14.8 Å². The number of carbonyl (C=O) groups is 3. The van der Waals surface area contributed by atoms with Crippen LogP contribution in [0.15, 0.2) is 71.4 Å². The maximum atomic E-state index is 12.9. The number of anilines is 1. The fourth-order valence-electron chi connectivity index (χ4n) is 2.89. The van der Waals surface area contributed by atoms with E-state index in [9.17, 15) is 14.4 Å². The van der Waals surface area contributed by atoms with Crippen molar-refractivity contribution >= 4 is 29.2 Å². The van der Waals surface area contributed by atoms with Gasteiger partial charge in [-0.15, -0.1) is 0 Å². The van der Waals surface area contributed by atoms with Gasteiger partial charge in [-0.05, 0) is 36.4 Å². The van der Waals surface area contributed by atoms with Gasteiger partial charge in [0.1, 0.15) is 11.5 Å². The van der Waals surface area contributed by atoms with Crippen LogP contribution in [0.1, 0.15) is 10.4 Å². The largest absolute Gasteiger partial charge is 0.497 e. The number of hydrogen-bond acceptors (Lipinski definition) is 9. The number of benzene rings is 2. The molecule has 178 valence electrons. The van der Waals surface area contributed by atoms with Crippen LogP contribution in [-0.4, -0.2) is 57.7 Å². The normalized spacial score (nSPS) is 14.9. The Labute approximate surface area is 195 Å². The molecule has 2 N–H and O–H groups in total. The third kappa shape index (κ3) is 6.04. The van der Waals surface area contributed by atoms with Crippen LogP contribution in [0.5, 0.6) is 5.75 Å². The summed E-state index contributed by atoms with van der Waals surface area (Å²) in [6, 6.07) is 15.0. The molecule has 2 aromatic carbocycles. The number of hydrogen-bond donors (Lipinski definition) is 2. The second-order valence-corrected chi connectivity index (χ2v) is 6.82. The lowest BCUT2D eigenvalue weighted by Gasteiger charge is -2.16. The average Bonchev–Trinajstić information content (AvgIpc) is 3.24. The number of carbonyl (C=O) groups excluding carboxylic acids is 3. The van der Waals surface area contributed by atoms with Crippen LogP contribution < -0.4 is 20.7 Å². The van der Waals surface area contributed by atoms with Crippen LogP contribution >= 0.6 is 0 Å². The smallest absolute Gasteiger partial charge is 0.376 e. The topological polar surface area (TPSA) is 128 Å². The highest BCUT2D eigenvalue weighted by Gasteiger charge is 2.31. The Morgan fingerprint density at radius 1 is 1.09 bits per heavy atom. The number of aliphatic imine (C=N–C) groups is 1. The van der Waals surface area contributed by atoms with Crippen LogP contribution in [0.3, 0.4) is 0 Å². The van der Waals surface area contributed by atoms with Gasteiger partial charge in [0.2, 0.25) is 0 Å². The standard InChI is InChI=1S/C23H24N4O7/c1-31-17-11-9-16(10-12-17)27-19(23(30)34-26-27)13-18(22(29)24-14-20(32-2)33-3)25-21(28)15-7-5-4-6-8-15/h4-13,20,26H,14H2,1-3H3,(H,24,29)/b19-13+,25-18?. The molecule has 2 amide bonds. The van der Waals surface area contributed by atoms with Gasteiger partial charge < -0.3 is 24.4 Å². The lowest BCUT2D eigenvalue weighted by Crippen LogP contribution is -2.38. The van der Waals surface area contributed by atoms with Gasteiger partial charge in [0.15, 0.2) is 12.0 Å². The highest BCUT2D eigenvalue weighted by atomic mass is 16.7. The van der Waals surface area contributed by atoms with Crippen molar-refractivity contribution in [3.05, 3.63) is 71.9 Å². The number of amides is 2. The van der Waals surface area contributed by atoms with Gasteiger partial charge in [0.05, 0.1) is 19.3 Å². The Kier molecular flexibility index (Phi) is 8.46. The fraction of sp³-hybridized carbons (Fsp3) is 0.217. The average molecular weight is 468 g/mol. The molecule has 0 unspecified atom stereocenters. The van der Waals surface area contributed by atoms with E-state index >= 15 is 0 Å². The van der Waals surface area contributed by atoms with Gasteiger partial charge >= 0.3 is 5.97 Å². The van der Waals surface area contributed by atoms with E-state index in [0.717, 1.165) is 6.08 Å². The summed E-state index contributed by atoms with van der Waals surface area (Å²) in [5, 5.41) is 3.89. The lowest BCUT2D eigenvalue weighted by molar-refractivity contribution is -0.140.